The summed E-state index contributed by atoms with van der Waals surface area (Å²) in [5.41, 5.74) is 1.51. The summed E-state index contributed by atoms with van der Waals surface area (Å²) in [7, 11) is 1.82. The molecule has 4 saturated carbocycles. The van der Waals surface area contributed by atoms with E-state index in [0.717, 1.165) is 50.7 Å². The minimum absolute atomic E-state index is 0.0606. The Bertz CT molecular complexity index is 878. The van der Waals surface area contributed by atoms with Crippen LogP contribution in [0.3, 0.4) is 0 Å². The fraction of sp³-hybridized carbons (Fsp3) is 0.760. The van der Waals surface area contributed by atoms with Gasteiger partial charge in [0.1, 0.15) is 11.7 Å². The van der Waals surface area contributed by atoms with Crippen LogP contribution in [0, 0.1) is 17.3 Å². The molecule has 0 radical (unpaired) electrons. The first kappa shape index (κ1) is 18.5. The molecule has 2 N–H and O–H groups in total. The van der Waals surface area contributed by atoms with E-state index in [1.165, 1.54) is 24.0 Å². The number of aromatic hydroxyl groups is 1. The summed E-state index contributed by atoms with van der Waals surface area (Å²) in [5.74, 6) is 1.69. The van der Waals surface area contributed by atoms with E-state index in [1.807, 2.05) is 20.1 Å². The molecule has 0 aromatic heterocycles. The van der Waals surface area contributed by atoms with Crippen LogP contribution in [0.1, 0.15) is 76.3 Å². The van der Waals surface area contributed by atoms with E-state index in [0.29, 0.717) is 5.92 Å². The number of methoxy groups -OCH3 is 1. The topological polar surface area (TPSA) is 58.9 Å². The molecule has 4 fully saturated rings. The summed E-state index contributed by atoms with van der Waals surface area (Å²) in [6, 6.07) is 3.96. The van der Waals surface area contributed by atoms with Crippen molar-refractivity contribution in [3.63, 3.8) is 0 Å². The number of phenolic OH excluding ortho intramolecular Hbond substituents is 1. The molecule has 1 aromatic carbocycles. The third kappa shape index (κ3) is 1.82. The molecular weight excluding hydrogens is 364 g/mol. The highest BCUT2D eigenvalue weighted by atomic mass is 16.6. The maximum Gasteiger partial charge on any atom is 0.165 e. The van der Waals surface area contributed by atoms with Gasteiger partial charge in [-0.3, -0.25) is 0 Å². The minimum Gasteiger partial charge on any atom is -0.504 e. The molecule has 5 aliphatic carbocycles. The van der Waals surface area contributed by atoms with Crippen molar-refractivity contribution in [3.05, 3.63) is 23.3 Å². The first-order valence-electron chi connectivity index (χ1n) is 11.7. The van der Waals surface area contributed by atoms with Crippen LogP contribution in [0.4, 0.5) is 0 Å². The van der Waals surface area contributed by atoms with Crippen LogP contribution in [-0.4, -0.2) is 34.6 Å². The second-order valence-electron chi connectivity index (χ2n) is 10.9. The standard InChI is InChI=1S/C25H34O4/c1-4-9-22(2,27)18-14-23-11-12-25(18,28-3)21-24(23)10-5-6-16(23)13-15-7-8-17(26)20(29-21)19(15)24/h7-8,16,18,21,26-27H,4-6,9-14H2,1-3H3/t16-,18-,21-,22+,23-,24+,25-/m1/s1. The smallest absolute Gasteiger partial charge is 0.165 e. The Labute approximate surface area is 173 Å². The number of phenols is 1. The third-order valence-electron chi connectivity index (χ3n) is 10.1. The van der Waals surface area contributed by atoms with E-state index >= 15 is 0 Å². The van der Waals surface area contributed by atoms with E-state index in [-0.39, 0.29) is 28.6 Å². The number of fused-ring (bicyclic) bond motifs is 2. The second-order valence-corrected chi connectivity index (χ2v) is 10.9. The van der Waals surface area contributed by atoms with Crippen LogP contribution in [0.15, 0.2) is 12.1 Å². The summed E-state index contributed by atoms with van der Waals surface area (Å²) >= 11 is 0. The van der Waals surface area contributed by atoms with Gasteiger partial charge >= 0.3 is 0 Å². The van der Waals surface area contributed by atoms with E-state index in [9.17, 15) is 10.2 Å². The molecule has 0 unspecified atom stereocenters. The van der Waals surface area contributed by atoms with Gasteiger partial charge in [0.2, 0.25) is 0 Å². The number of hydrogen-bond acceptors (Lipinski definition) is 4. The molecular formula is C25H34O4. The Morgan fingerprint density at radius 1 is 1.28 bits per heavy atom. The summed E-state index contributed by atoms with van der Waals surface area (Å²) in [6.07, 6.45) is 9.44. The van der Waals surface area contributed by atoms with Gasteiger partial charge in [0, 0.05) is 24.0 Å². The molecule has 0 saturated heterocycles. The lowest BCUT2D eigenvalue weighted by Gasteiger charge is -2.73. The molecule has 2 spiro atoms. The SMILES string of the molecule is CCC[C@](C)(O)[C@H]1C[C@@]23CC[C@]1(OC)[C@@H]1Oc4c(O)ccc5c4[C@@]12CCC[C@@H]3C5. The van der Waals surface area contributed by atoms with Crippen molar-refractivity contribution < 1.29 is 19.7 Å². The predicted octanol–water partition coefficient (Wildman–Crippen LogP) is 4.48. The number of benzene rings is 1. The summed E-state index contributed by atoms with van der Waals surface area (Å²) in [4.78, 5) is 0. The Kier molecular flexibility index (Phi) is 3.51. The largest absolute Gasteiger partial charge is 0.504 e. The van der Waals surface area contributed by atoms with Gasteiger partial charge in [-0.25, -0.2) is 0 Å². The van der Waals surface area contributed by atoms with E-state index < -0.39 is 11.2 Å². The van der Waals surface area contributed by atoms with E-state index in [4.69, 9.17) is 9.47 Å². The summed E-state index contributed by atoms with van der Waals surface area (Å²) in [6.45, 7) is 4.17. The lowest BCUT2D eigenvalue weighted by atomic mass is 9.32. The number of rotatable bonds is 4. The van der Waals surface area contributed by atoms with Crippen LogP contribution < -0.4 is 4.74 Å². The maximum atomic E-state index is 11.7. The normalized spacial score (nSPS) is 45.4. The second kappa shape index (κ2) is 5.50. The van der Waals surface area contributed by atoms with Gasteiger partial charge in [0.25, 0.3) is 0 Å². The Morgan fingerprint density at radius 2 is 2.10 bits per heavy atom. The summed E-state index contributed by atoms with van der Waals surface area (Å²) in [5, 5.41) is 22.4. The average Bonchev–Trinajstić information content (AvgIpc) is 3.06. The predicted molar refractivity (Wildman–Crippen MR) is 110 cm³/mol. The molecule has 1 aromatic rings. The third-order valence-corrected chi connectivity index (χ3v) is 10.1. The molecule has 0 amide bonds. The number of aliphatic hydroxyl groups is 1. The summed E-state index contributed by atoms with van der Waals surface area (Å²) < 4.78 is 13.2. The molecule has 158 valence electrons. The van der Waals surface area contributed by atoms with Crippen molar-refractivity contribution in [1.82, 2.24) is 0 Å². The van der Waals surface area contributed by atoms with Gasteiger partial charge in [-0.05, 0) is 74.8 Å². The first-order valence-corrected chi connectivity index (χ1v) is 11.7. The molecule has 1 heterocycles. The molecule has 4 nitrogen and oxygen atoms in total. The van der Waals surface area contributed by atoms with Crippen molar-refractivity contribution in [1.29, 1.82) is 0 Å². The number of ether oxygens (including phenoxy) is 2. The molecule has 7 rings (SSSR count). The average molecular weight is 399 g/mol. The van der Waals surface area contributed by atoms with Crippen molar-refractivity contribution in [3.8, 4) is 11.5 Å². The van der Waals surface area contributed by atoms with Gasteiger partial charge in [-0.2, -0.15) is 0 Å². The van der Waals surface area contributed by atoms with Gasteiger partial charge in [-0.1, -0.05) is 25.8 Å². The first-order chi connectivity index (χ1) is 13.9. The fourth-order valence-electron chi connectivity index (χ4n) is 9.20. The zero-order valence-electron chi connectivity index (χ0n) is 18.0. The van der Waals surface area contributed by atoms with Crippen LogP contribution in [0.25, 0.3) is 0 Å². The molecule has 4 heteroatoms. The van der Waals surface area contributed by atoms with Crippen molar-refractivity contribution in [2.45, 2.75) is 94.4 Å². The molecule has 1 aliphatic heterocycles. The highest BCUT2D eigenvalue weighted by molar-refractivity contribution is 5.62. The minimum atomic E-state index is -0.769. The fourth-order valence-corrected chi connectivity index (χ4v) is 9.20. The van der Waals surface area contributed by atoms with Crippen molar-refractivity contribution in [2.24, 2.45) is 17.3 Å². The van der Waals surface area contributed by atoms with Crippen molar-refractivity contribution >= 4 is 0 Å². The van der Waals surface area contributed by atoms with Crippen LogP contribution >= 0.6 is 0 Å². The van der Waals surface area contributed by atoms with Crippen molar-refractivity contribution in [2.75, 3.05) is 7.11 Å². The van der Waals surface area contributed by atoms with E-state index in [2.05, 4.69) is 13.0 Å². The van der Waals surface area contributed by atoms with Gasteiger partial charge in [0.15, 0.2) is 11.5 Å². The van der Waals surface area contributed by atoms with Gasteiger partial charge in [0.05, 0.1) is 5.60 Å². The Balaban J connectivity index is 1.63. The highest BCUT2D eigenvalue weighted by Crippen LogP contribution is 2.79. The molecule has 29 heavy (non-hydrogen) atoms. The Hall–Kier alpha value is -1.26. The monoisotopic (exact) mass is 398 g/mol. The lowest BCUT2D eigenvalue weighted by molar-refractivity contribution is -0.299. The highest BCUT2D eigenvalue weighted by Gasteiger charge is 2.80. The zero-order chi connectivity index (χ0) is 20.2. The van der Waals surface area contributed by atoms with Crippen LogP contribution in [0.2, 0.25) is 0 Å². The lowest BCUT2D eigenvalue weighted by Crippen LogP contribution is -2.79. The molecule has 7 atom stereocenters. The van der Waals surface area contributed by atoms with Crippen LogP contribution in [0.5, 0.6) is 11.5 Å². The zero-order valence-corrected chi connectivity index (χ0v) is 18.0. The van der Waals surface area contributed by atoms with E-state index in [1.54, 1.807) is 0 Å². The Morgan fingerprint density at radius 3 is 2.86 bits per heavy atom. The van der Waals surface area contributed by atoms with Gasteiger partial charge in [-0.15, -0.1) is 0 Å². The quantitative estimate of drug-likeness (QED) is 0.785. The molecule has 4 bridgehead atoms. The molecule has 6 aliphatic rings. The van der Waals surface area contributed by atoms with Gasteiger partial charge < -0.3 is 19.7 Å². The van der Waals surface area contributed by atoms with Crippen LogP contribution in [-0.2, 0) is 16.6 Å². The number of hydrogen-bond donors (Lipinski definition) is 2. The maximum absolute atomic E-state index is 11.7.